The molecular weight excluding hydrogens is 716 g/mol. The third-order valence-corrected chi connectivity index (χ3v) is 9.99. The second-order valence-electron chi connectivity index (χ2n) is 13.6. The van der Waals surface area contributed by atoms with Crippen molar-refractivity contribution in [3.63, 3.8) is 0 Å². The van der Waals surface area contributed by atoms with Gasteiger partial charge in [-0.15, -0.1) is 0 Å². The third-order valence-electron chi connectivity index (χ3n) is 9.99. The average molecular weight is 760 g/mol. The molecule has 290 valence electrons. The van der Waals surface area contributed by atoms with Gasteiger partial charge in [-0.3, -0.25) is 0 Å². The molecule has 0 saturated carbocycles. The number of benzene rings is 3. The van der Waals surface area contributed by atoms with Crippen LogP contribution in [0.2, 0.25) is 0 Å². The smallest absolute Gasteiger partial charge is 0.351 e. The minimum absolute atomic E-state index is 0.0146. The lowest BCUT2D eigenvalue weighted by Gasteiger charge is -2.37. The first-order valence-electron chi connectivity index (χ1n) is 18.2. The first-order chi connectivity index (χ1) is 26.6. The molecule has 0 amide bonds. The Morgan fingerprint density at radius 1 is 0.982 bits per heavy atom. The summed E-state index contributed by atoms with van der Waals surface area (Å²) in [5.41, 5.74) is 2.21. The van der Waals surface area contributed by atoms with Crippen LogP contribution in [0.3, 0.4) is 0 Å². The molecule has 2 N–H and O–H groups in total. The maximum Gasteiger partial charge on any atom is 0.351 e. The number of carboxylic acid groups (broad SMARTS) is 1. The SMILES string of the molecule is CCC(C)NCC(C(=O)O)n1ncn(-c2ccc(N3CCN(c4ccc(OCC5COC(Cn6cncn6)(c6ccc(F)cc6F)O5)cc4)CC3)cc2)c1=O. The van der Waals surface area contributed by atoms with Crippen molar-refractivity contribution in [1.29, 1.82) is 0 Å². The van der Waals surface area contributed by atoms with Gasteiger partial charge in [0.2, 0.25) is 5.79 Å². The van der Waals surface area contributed by atoms with Crippen molar-refractivity contribution < 1.29 is 32.9 Å². The van der Waals surface area contributed by atoms with Crippen LogP contribution in [0.1, 0.15) is 31.9 Å². The van der Waals surface area contributed by atoms with E-state index in [1.165, 1.54) is 34.3 Å². The number of piperazine rings is 1. The number of hydrogen-bond donors (Lipinski definition) is 2. The summed E-state index contributed by atoms with van der Waals surface area (Å²) in [6.07, 6.45) is 4.48. The molecule has 2 fully saturated rings. The molecule has 2 aliphatic heterocycles. The number of nitrogens with one attached hydrogen (secondary N) is 1. The normalized spacial score (nSPS) is 19.7. The van der Waals surface area contributed by atoms with Crippen LogP contribution in [0, 0.1) is 11.6 Å². The van der Waals surface area contributed by atoms with Gasteiger partial charge >= 0.3 is 11.7 Å². The molecule has 2 aromatic heterocycles. The molecule has 2 saturated heterocycles. The Labute approximate surface area is 315 Å². The van der Waals surface area contributed by atoms with Crippen molar-refractivity contribution in [2.45, 2.75) is 50.8 Å². The van der Waals surface area contributed by atoms with Gasteiger partial charge in [-0.2, -0.15) is 14.9 Å². The standard InChI is InChI=1S/C38H43F2N9O6/c1-3-26(2)42-19-35(36(50)51)49-37(52)48(25-44-49)30-7-5-28(6-8-30)45-14-16-46(17-15-45)29-9-11-31(12-10-29)53-20-32-21-54-38(55-32,22-47-24-41-23-43-47)33-13-4-27(39)18-34(33)40/h4-13,18,23-26,32,35,42H,3,14-17,19-22H2,1-2H3,(H,50,51). The zero-order valence-electron chi connectivity index (χ0n) is 30.5. The number of nitrogens with zero attached hydrogens (tertiary/aromatic N) is 8. The molecule has 2 aliphatic rings. The predicted octanol–water partition coefficient (Wildman–Crippen LogP) is 3.59. The Kier molecular flexibility index (Phi) is 11.2. The number of hydrogen-bond acceptors (Lipinski definition) is 11. The average Bonchev–Trinajstić information content (AvgIpc) is 3.95. The first-order valence-corrected chi connectivity index (χ1v) is 18.2. The molecule has 0 spiro atoms. The highest BCUT2D eigenvalue weighted by Gasteiger charge is 2.46. The number of halogens is 2. The fraction of sp³-hybridized carbons (Fsp3) is 0.395. The lowest BCUT2D eigenvalue weighted by atomic mass is 10.0. The molecule has 7 rings (SSSR count). The topological polar surface area (TPSA) is 154 Å². The Morgan fingerprint density at radius 2 is 1.65 bits per heavy atom. The monoisotopic (exact) mass is 759 g/mol. The maximum absolute atomic E-state index is 14.9. The van der Waals surface area contributed by atoms with Gasteiger partial charge in [-0.05, 0) is 74.0 Å². The second kappa shape index (κ2) is 16.4. The number of rotatable bonds is 15. The van der Waals surface area contributed by atoms with Crippen LogP contribution in [0.5, 0.6) is 5.75 Å². The summed E-state index contributed by atoms with van der Waals surface area (Å²) < 4.78 is 50.7. The van der Waals surface area contributed by atoms with Crippen LogP contribution < -0.4 is 25.5 Å². The molecule has 4 heterocycles. The summed E-state index contributed by atoms with van der Waals surface area (Å²) >= 11 is 0. The summed E-state index contributed by atoms with van der Waals surface area (Å²) in [7, 11) is 0. The molecule has 0 bridgehead atoms. The zero-order valence-corrected chi connectivity index (χ0v) is 30.5. The fourth-order valence-electron chi connectivity index (χ4n) is 6.71. The van der Waals surface area contributed by atoms with Gasteiger partial charge in [0.15, 0.2) is 6.04 Å². The molecule has 17 heteroatoms. The summed E-state index contributed by atoms with van der Waals surface area (Å²) in [6, 6.07) is 17.6. The van der Waals surface area contributed by atoms with Gasteiger partial charge in [0, 0.05) is 61.8 Å². The number of aromatic nitrogens is 6. The molecule has 4 atom stereocenters. The molecule has 0 aliphatic carbocycles. The van der Waals surface area contributed by atoms with Crippen molar-refractivity contribution in [2.24, 2.45) is 0 Å². The van der Waals surface area contributed by atoms with Crippen molar-refractivity contribution in [1.82, 2.24) is 34.4 Å². The second-order valence-corrected chi connectivity index (χ2v) is 13.6. The highest BCUT2D eigenvalue weighted by molar-refractivity contribution is 5.72. The number of anilines is 2. The van der Waals surface area contributed by atoms with Gasteiger partial charge in [0.1, 0.15) is 55.6 Å². The summed E-state index contributed by atoms with van der Waals surface area (Å²) in [4.78, 5) is 33.6. The van der Waals surface area contributed by atoms with Gasteiger partial charge < -0.3 is 34.4 Å². The van der Waals surface area contributed by atoms with Gasteiger partial charge in [-0.1, -0.05) is 6.92 Å². The van der Waals surface area contributed by atoms with Gasteiger partial charge in [-0.25, -0.2) is 32.6 Å². The Balaban J connectivity index is 0.915. The van der Waals surface area contributed by atoms with Gasteiger partial charge in [0.05, 0.1) is 12.3 Å². The molecular formula is C38H43F2N9O6. The van der Waals surface area contributed by atoms with E-state index in [-0.39, 0.29) is 37.9 Å². The first kappa shape index (κ1) is 37.7. The van der Waals surface area contributed by atoms with Crippen LogP contribution in [-0.4, -0.2) is 98.3 Å². The summed E-state index contributed by atoms with van der Waals surface area (Å²) in [5.74, 6) is -3.51. The van der Waals surface area contributed by atoms with Crippen LogP contribution in [0.4, 0.5) is 20.2 Å². The van der Waals surface area contributed by atoms with Crippen LogP contribution >= 0.6 is 0 Å². The number of carbonyl (C=O) groups is 1. The summed E-state index contributed by atoms with van der Waals surface area (Å²) in [6.45, 7) is 7.48. The largest absolute Gasteiger partial charge is 0.491 e. The molecule has 15 nitrogen and oxygen atoms in total. The van der Waals surface area contributed by atoms with E-state index >= 15 is 0 Å². The number of aliphatic carboxylic acids is 1. The minimum Gasteiger partial charge on any atom is -0.491 e. The fourth-order valence-corrected chi connectivity index (χ4v) is 6.71. The lowest BCUT2D eigenvalue weighted by molar-refractivity contribution is -0.192. The van der Waals surface area contributed by atoms with Crippen molar-refractivity contribution in [3.05, 3.63) is 113 Å². The Hall–Kier alpha value is -5.65. The van der Waals surface area contributed by atoms with E-state index in [2.05, 4.69) is 30.3 Å². The third kappa shape index (κ3) is 8.38. The Morgan fingerprint density at radius 3 is 2.27 bits per heavy atom. The molecule has 55 heavy (non-hydrogen) atoms. The lowest BCUT2D eigenvalue weighted by Crippen LogP contribution is -2.46. The van der Waals surface area contributed by atoms with E-state index in [0.29, 0.717) is 11.4 Å². The van der Waals surface area contributed by atoms with E-state index < -0.39 is 41.2 Å². The summed E-state index contributed by atoms with van der Waals surface area (Å²) in [5, 5.41) is 21.1. The minimum atomic E-state index is -1.53. The zero-order chi connectivity index (χ0) is 38.5. The molecule has 3 aromatic carbocycles. The van der Waals surface area contributed by atoms with Crippen molar-refractivity contribution in [3.8, 4) is 11.4 Å². The molecule has 0 radical (unpaired) electrons. The van der Waals surface area contributed by atoms with E-state index in [1.54, 1.807) is 0 Å². The highest BCUT2D eigenvalue weighted by Crippen LogP contribution is 2.38. The van der Waals surface area contributed by atoms with Gasteiger partial charge in [0.25, 0.3) is 0 Å². The predicted molar refractivity (Wildman–Crippen MR) is 197 cm³/mol. The highest BCUT2D eigenvalue weighted by atomic mass is 19.1. The van der Waals surface area contributed by atoms with E-state index in [1.807, 2.05) is 62.4 Å². The van der Waals surface area contributed by atoms with Crippen LogP contribution in [0.25, 0.3) is 5.69 Å². The maximum atomic E-state index is 14.9. The quantitative estimate of drug-likeness (QED) is 0.160. The molecule has 4 unspecified atom stereocenters. The van der Waals surface area contributed by atoms with E-state index in [9.17, 15) is 23.5 Å². The van der Waals surface area contributed by atoms with E-state index in [0.717, 1.165) is 60.8 Å². The molecule has 5 aromatic rings. The van der Waals surface area contributed by atoms with E-state index in [4.69, 9.17) is 14.2 Å². The van der Waals surface area contributed by atoms with Crippen LogP contribution in [0.15, 0.2) is 90.5 Å². The Bertz CT molecular complexity index is 2100. The number of ether oxygens (including phenoxy) is 3. The number of carboxylic acids is 1. The van der Waals surface area contributed by atoms with Crippen molar-refractivity contribution >= 4 is 17.3 Å². The van der Waals surface area contributed by atoms with Crippen molar-refractivity contribution in [2.75, 3.05) is 55.7 Å². The van der Waals surface area contributed by atoms with Crippen LogP contribution in [-0.2, 0) is 26.6 Å².